The van der Waals surface area contributed by atoms with Crippen LogP contribution < -0.4 is 5.32 Å². The van der Waals surface area contributed by atoms with Crippen molar-refractivity contribution in [2.24, 2.45) is 10.2 Å². The zero-order chi connectivity index (χ0) is 25.1. The molecule has 0 saturated heterocycles. The van der Waals surface area contributed by atoms with Crippen LogP contribution in [0.25, 0.3) is 21.6 Å². The van der Waals surface area contributed by atoms with Gasteiger partial charge in [-0.25, -0.2) is 14.8 Å². The fraction of sp³-hybridized carbons (Fsp3) is 0.0385. The van der Waals surface area contributed by atoms with Crippen LogP contribution in [0.5, 0.6) is 5.75 Å². The number of nitrogens with zero attached hydrogens (tertiary/aromatic N) is 7. The molecule has 0 fully saturated rings. The third kappa shape index (κ3) is 4.24. The lowest BCUT2D eigenvalue weighted by Gasteiger charge is -2.11. The molecule has 2 N–H and O–H groups in total. The Hall–Kier alpha value is -5.43. The molecule has 2 aromatic heterocycles. The van der Waals surface area contributed by atoms with Gasteiger partial charge in [0.25, 0.3) is 17.5 Å². The van der Waals surface area contributed by atoms with Crippen molar-refractivity contribution in [3.63, 3.8) is 0 Å². The molecule has 0 unspecified atom stereocenters. The molecule has 0 aliphatic rings. The monoisotopic (exact) mass is 474 g/mol. The summed E-state index contributed by atoms with van der Waals surface area (Å²) in [5.74, 6) is -0.533. The molecule has 174 valence electrons. The van der Waals surface area contributed by atoms with E-state index in [1.807, 2.05) is 37.3 Å². The van der Waals surface area contributed by atoms with Crippen LogP contribution in [0.1, 0.15) is 15.9 Å². The van der Waals surface area contributed by atoms with Crippen molar-refractivity contribution >= 4 is 39.6 Å². The van der Waals surface area contributed by atoms with E-state index in [1.54, 1.807) is 30.3 Å². The number of anilines is 1. The van der Waals surface area contributed by atoms with E-state index in [2.05, 4.69) is 35.5 Å². The zero-order valence-corrected chi connectivity index (χ0v) is 19.0. The second-order valence-corrected chi connectivity index (χ2v) is 7.79. The molecule has 5 aromatic rings. The summed E-state index contributed by atoms with van der Waals surface area (Å²) < 4.78 is 1.28. The lowest BCUT2D eigenvalue weighted by molar-refractivity contribution is 0.102. The van der Waals surface area contributed by atoms with E-state index in [4.69, 9.17) is 6.57 Å². The molecule has 0 radical (unpaired) electrons. The Morgan fingerprint density at radius 3 is 2.64 bits per heavy atom. The number of aromatic nitrogens is 4. The van der Waals surface area contributed by atoms with E-state index in [1.165, 1.54) is 23.3 Å². The SMILES string of the molecule is [C-]#[N+]c1cnn(-c2ncccn2)c1N=Nc1c(O)c(C(=O)Nc2cccc(C)c2)cc2ccccc12. The largest absolute Gasteiger partial charge is 0.505 e. The summed E-state index contributed by atoms with van der Waals surface area (Å²) in [6, 6.07) is 17.8. The first-order valence-electron chi connectivity index (χ1n) is 10.8. The molecule has 10 nitrogen and oxygen atoms in total. The highest BCUT2D eigenvalue weighted by Crippen LogP contribution is 2.40. The maximum atomic E-state index is 13.1. The number of fused-ring (bicyclic) bond motifs is 1. The molecule has 5 rings (SSSR count). The summed E-state index contributed by atoms with van der Waals surface area (Å²) in [4.78, 5) is 24.8. The van der Waals surface area contributed by atoms with E-state index in [9.17, 15) is 9.90 Å². The van der Waals surface area contributed by atoms with Crippen LogP contribution in [-0.4, -0.2) is 30.8 Å². The standard InChI is InChI=1S/C26H18N8O2/c1-16-7-5-9-18(13-16)31-25(36)20-14-17-8-3-4-10-19(17)22(23(20)35)32-33-24-21(27-2)15-30-34(24)26-28-11-6-12-29-26/h3-15,35H,1H3,(H,31,36). The van der Waals surface area contributed by atoms with Gasteiger partial charge in [0.05, 0.1) is 18.3 Å². The van der Waals surface area contributed by atoms with E-state index >= 15 is 0 Å². The molecule has 1 amide bonds. The number of phenolic OH excluding ortho intramolecular Hbond substituents is 1. The minimum atomic E-state index is -0.495. The first kappa shape index (κ1) is 22.4. The van der Waals surface area contributed by atoms with Gasteiger partial charge in [0, 0.05) is 23.5 Å². The fourth-order valence-electron chi connectivity index (χ4n) is 3.66. The zero-order valence-electron chi connectivity index (χ0n) is 19.0. The number of benzene rings is 3. The molecule has 0 bridgehead atoms. The number of nitrogens with one attached hydrogen (secondary N) is 1. The van der Waals surface area contributed by atoms with E-state index in [0.29, 0.717) is 16.5 Å². The number of amides is 1. The fourth-order valence-corrected chi connectivity index (χ4v) is 3.66. The quantitative estimate of drug-likeness (QED) is 0.237. The summed E-state index contributed by atoms with van der Waals surface area (Å²) in [7, 11) is 0. The van der Waals surface area contributed by atoms with Crippen LogP contribution in [-0.2, 0) is 0 Å². The molecule has 0 spiro atoms. The number of carbonyl (C=O) groups is 1. The molecule has 36 heavy (non-hydrogen) atoms. The Balaban J connectivity index is 1.61. The number of aryl methyl sites for hydroxylation is 1. The predicted octanol–water partition coefficient (Wildman–Crippen LogP) is 6.05. The number of azo groups is 1. The van der Waals surface area contributed by atoms with Gasteiger partial charge >= 0.3 is 0 Å². The van der Waals surface area contributed by atoms with Gasteiger partial charge < -0.3 is 10.4 Å². The summed E-state index contributed by atoms with van der Waals surface area (Å²) in [5.41, 5.74) is 1.83. The Morgan fingerprint density at radius 2 is 1.86 bits per heavy atom. The van der Waals surface area contributed by atoms with Crippen molar-refractivity contribution < 1.29 is 9.90 Å². The topological polar surface area (TPSA) is 122 Å². The van der Waals surface area contributed by atoms with Crippen molar-refractivity contribution in [3.8, 4) is 11.7 Å². The van der Waals surface area contributed by atoms with Gasteiger partial charge in [0.2, 0.25) is 0 Å². The second kappa shape index (κ2) is 9.44. The molecule has 2 heterocycles. The number of carbonyl (C=O) groups excluding carboxylic acids is 1. The highest BCUT2D eigenvalue weighted by atomic mass is 16.3. The molecular weight excluding hydrogens is 456 g/mol. The van der Waals surface area contributed by atoms with Crippen molar-refractivity contribution in [1.29, 1.82) is 0 Å². The maximum absolute atomic E-state index is 13.1. The number of hydrogen-bond donors (Lipinski definition) is 2. The third-order valence-electron chi connectivity index (χ3n) is 5.35. The molecule has 3 aromatic carbocycles. The third-order valence-corrected chi connectivity index (χ3v) is 5.35. The first-order valence-corrected chi connectivity index (χ1v) is 10.8. The first-order chi connectivity index (χ1) is 17.5. The summed E-state index contributed by atoms with van der Waals surface area (Å²) in [6.45, 7) is 9.38. The number of phenols is 1. The average molecular weight is 474 g/mol. The number of hydrogen-bond acceptors (Lipinski definition) is 7. The number of rotatable bonds is 5. The van der Waals surface area contributed by atoms with Gasteiger partial charge in [-0.3, -0.25) is 4.79 Å². The van der Waals surface area contributed by atoms with Gasteiger partial charge in [-0.1, -0.05) is 36.4 Å². The van der Waals surface area contributed by atoms with Crippen molar-refractivity contribution in [1.82, 2.24) is 19.7 Å². The molecule has 0 aliphatic heterocycles. The van der Waals surface area contributed by atoms with Crippen LogP contribution >= 0.6 is 0 Å². The Morgan fingerprint density at radius 1 is 1.06 bits per heavy atom. The summed E-state index contributed by atoms with van der Waals surface area (Å²) in [5, 5.41) is 27.8. The summed E-state index contributed by atoms with van der Waals surface area (Å²) >= 11 is 0. The van der Waals surface area contributed by atoms with Crippen molar-refractivity contribution in [3.05, 3.63) is 102 Å². The minimum Gasteiger partial charge on any atom is -0.505 e. The molecule has 0 saturated carbocycles. The lowest BCUT2D eigenvalue weighted by atomic mass is 10.0. The second-order valence-electron chi connectivity index (χ2n) is 7.79. The highest BCUT2D eigenvalue weighted by Gasteiger charge is 2.20. The van der Waals surface area contributed by atoms with Crippen LogP contribution in [0.15, 0.2) is 89.5 Å². The van der Waals surface area contributed by atoms with E-state index < -0.39 is 5.91 Å². The number of aromatic hydroxyl groups is 1. The van der Waals surface area contributed by atoms with Crippen LogP contribution in [0.4, 0.5) is 22.9 Å². The van der Waals surface area contributed by atoms with Crippen molar-refractivity contribution in [2.45, 2.75) is 6.92 Å². The molecule has 10 heteroatoms. The molecule has 0 aliphatic carbocycles. The lowest BCUT2D eigenvalue weighted by Crippen LogP contribution is -2.12. The average Bonchev–Trinajstić information content (AvgIpc) is 3.31. The maximum Gasteiger partial charge on any atom is 0.259 e. The van der Waals surface area contributed by atoms with Gasteiger partial charge in [-0.2, -0.15) is 9.78 Å². The Bertz CT molecular complexity index is 1670. The Kier molecular flexibility index (Phi) is 5.86. The van der Waals surface area contributed by atoms with Crippen molar-refractivity contribution in [2.75, 3.05) is 5.32 Å². The molecule has 0 atom stereocenters. The van der Waals surface area contributed by atoms with Gasteiger partial charge in [-0.05, 0) is 42.1 Å². The predicted molar refractivity (Wildman–Crippen MR) is 134 cm³/mol. The van der Waals surface area contributed by atoms with Gasteiger partial charge in [-0.15, -0.1) is 10.2 Å². The van der Waals surface area contributed by atoms with Crippen LogP contribution in [0.3, 0.4) is 0 Å². The summed E-state index contributed by atoms with van der Waals surface area (Å²) in [6.07, 6.45) is 4.41. The van der Waals surface area contributed by atoms with Gasteiger partial charge in [0.1, 0.15) is 5.69 Å². The smallest absolute Gasteiger partial charge is 0.259 e. The normalized spacial score (nSPS) is 11.0. The van der Waals surface area contributed by atoms with Crippen LogP contribution in [0.2, 0.25) is 0 Å². The van der Waals surface area contributed by atoms with Gasteiger partial charge in [0.15, 0.2) is 11.6 Å². The van der Waals surface area contributed by atoms with E-state index in [0.717, 1.165) is 5.56 Å². The Labute approximate surface area is 205 Å². The minimum absolute atomic E-state index is 0.0365. The molecular formula is C26H18N8O2. The highest BCUT2D eigenvalue weighted by molar-refractivity contribution is 6.11. The van der Waals surface area contributed by atoms with E-state index in [-0.39, 0.29) is 34.5 Å². The van der Waals surface area contributed by atoms with Crippen LogP contribution in [0, 0.1) is 13.5 Å².